The summed E-state index contributed by atoms with van der Waals surface area (Å²) in [6.45, 7) is 4.08. The molecule has 3 aromatic rings. The molecule has 3 rings (SSSR count). The van der Waals surface area contributed by atoms with E-state index in [9.17, 15) is 4.79 Å². The fourth-order valence-corrected chi connectivity index (χ4v) is 2.40. The van der Waals surface area contributed by atoms with Crippen LogP contribution in [0.15, 0.2) is 54.6 Å². The molecule has 0 N–H and O–H groups in total. The summed E-state index contributed by atoms with van der Waals surface area (Å²) >= 11 is -0.750. The van der Waals surface area contributed by atoms with Gasteiger partial charge in [-0.15, -0.1) is 0 Å². The fraction of sp³-hybridized carbons (Fsp3) is 0.158. The van der Waals surface area contributed by atoms with E-state index in [4.69, 9.17) is 13.2 Å². The number of methoxy groups -OCH3 is 1. The van der Waals surface area contributed by atoms with Crippen molar-refractivity contribution in [2.24, 2.45) is 0 Å². The average Bonchev–Trinajstić information content (AvgIpc) is 3.08. The number of aromatic nitrogens is 2. The first kappa shape index (κ1) is 19.3. The Bertz CT molecular complexity index is 862. The van der Waals surface area contributed by atoms with Crippen LogP contribution in [0.1, 0.15) is 21.6 Å². The first-order chi connectivity index (χ1) is 12.5. The van der Waals surface area contributed by atoms with Gasteiger partial charge in [0.1, 0.15) is 0 Å². The van der Waals surface area contributed by atoms with Gasteiger partial charge in [-0.2, -0.15) is 13.5 Å². The summed E-state index contributed by atoms with van der Waals surface area (Å²) in [4.78, 5) is 11.9. The molecule has 2 aromatic carbocycles. The maximum Gasteiger partial charge on any atom is 0.358 e. The molecule has 0 bridgehead atoms. The molecule has 1 aromatic heterocycles. The predicted molar refractivity (Wildman–Crippen MR) is 98.7 cm³/mol. The van der Waals surface area contributed by atoms with Crippen molar-refractivity contribution in [3.8, 4) is 16.9 Å². The molecule has 6 nitrogen and oxygen atoms in total. The van der Waals surface area contributed by atoms with Gasteiger partial charge < -0.3 is 4.74 Å². The van der Waals surface area contributed by atoms with E-state index in [1.54, 1.807) is 10.7 Å². The third-order valence-electron chi connectivity index (χ3n) is 3.73. The lowest BCUT2D eigenvalue weighted by Crippen LogP contribution is -2.04. The zero-order valence-electron chi connectivity index (χ0n) is 14.6. The predicted octanol–water partition coefficient (Wildman–Crippen LogP) is 3.27. The van der Waals surface area contributed by atoms with E-state index in [1.165, 1.54) is 18.2 Å². The molecule has 0 aliphatic heterocycles. The molecule has 1 heterocycles. The fourth-order valence-electron chi connectivity index (χ4n) is 2.40. The Labute approximate surface area is 155 Å². The summed E-state index contributed by atoms with van der Waals surface area (Å²) in [5.74, 6) is -0.441. The minimum absolute atomic E-state index is 0.295. The van der Waals surface area contributed by atoms with Gasteiger partial charge in [0, 0.05) is 5.56 Å². The Hall–Kier alpha value is -3.06. The SMILES string of the molecule is COC(=O)c1cc(-c2ccc(C)cc2)n(-c2ccc(C)cc2)n1.O=S=O. The second-order valence-electron chi connectivity index (χ2n) is 5.59. The smallest absolute Gasteiger partial charge is 0.358 e. The van der Waals surface area contributed by atoms with Gasteiger partial charge in [0.2, 0.25) is 0 Å². The molecular formula is C19H18N2O4S. The zero-order valence-corrected chi connectivity index (χ0v) is 15.4. The molecule has 7 heteroatoms. The number of carbonyl (C=O) groups excluding carboxylic acids is 1. The second-order valence-corrected chi connectivity index (χ2v) is 5.72. The van der Waals surface area contributed by atoms with Gasteiger partial charge in [-0.1, -0.05) is 47.5 Å². The van der Waals surface area contributed by atoms with Crippen molar-refractivity contribution in [1.82, 2.24) is 9.78 Å². The molecule has 0 aliphatic rings. The summed E-state index contributed by atoms with van der Waals surface area (Å²) in [5, 5.41) is 4.42. The van der Waals surface area contributed by atoms with Gasteiger partial charge in [0.15, 0.2) is 5.69 Å². The Morgan fingerprint density at radius 3 is 1.96 bits per heavy atom. The van der Waals surface area contributed by atoms with Gasteiger partial charge in [0.05, 0.1) is 18.5 Å². The van der Waals surface area contributed by atoms with Crippen molar-refractivity contribution in [2.75, 3.05) is 7.11 Å². The minimum atomic E-state index is -0.750. The average molecular weight is 370 g/mol. The Morgan fingerprint density at radius 2 is 1.46 bits per heavy atom. The first-order valence-corrected chi connectivity index (χ1v) is 8.41. The molecule has 0 aliphatic carbocycles. The van der Waals surface area contributed by atoms with Crippen LogP contribution in [0.2, 0.25) is 0 Å². The van der Waals surface area contributed by atoms with Crippen molar-refractivity contribution in [3.63, 3.8) is 0 Å². The minimum Gasteiger partial charge on any atom is -0.464 e. The lowest BCUT2D eigenvalue weighted by Gasteiger charge is -2.08. The summed E-state index contributed by atoms with van der Waals surface area (Å²) in [7, 11) is 1.36. The van der Waals surface area contributed by atoms with E-state index < -0.39 is 17.5 Å². The van der Waals surface area contributed by atoms with Crippen LogP contribution in [0.5, 0.6) is 0 Å². The van der Waals surface area contributed by atoms with Crippen molar-refractivity contribution < 1.29 is 17.9 Å². The third-order valence-corrected chi connectivity index (χ3v) is 3.73. The van der Waals surface area contributed by atoms with Gasteiger partial charge >= 0.3 is 17.5 Å². The van der Waals surface area contributed by atoms with Crippen LogP contribution < -0.4 is 0 Å². The van der Waals surface area contributed by atoms with Crippen molar-refractivity contribution in [1.29, 1.82) is 0 Å². The molecule has 0 spiro atoms. The topological polar surface area (TPSA) is 78.3 Å². The molecule has 0 atom stereocenters. The quantitative estimate of drug-likeness (QED) is 0.661. The molecule has 0 saturated carbocycles. The lowest BCUT2D eigenvalue weighted by molar-refractivity contribution is 0.0593. The van der Waals surface area contributed by atoms with Crippen LogP contribution in [0.25, 0.3) is 16.9 Å². The molecule has 0 unspecified atom stereocenters. The van der Waals surface area contributed by atoms with E-state index in [1.807, 2.05) is 62.4 Å². The number of ether oxygens (including phenoxy) is 1. The summed E-state index contributed by atoms with van der Waals surface area (Å²) in [6, 6.07) is 17.9. The molecule has 0 amide bonds. The molecule has 0 fully saturated rings. The standard InChI is InChI=1S/C19H18N2O2.O2S/c1-13-4-8-15(9-5-13)18-12-17(19(22)23-3)20-21(18)16-10-6-14(2)7-11-16;1-3-2/h4-12H,1-3H3;. The molecular weight excluding hydrogens is 352 g/mol. The number of hydrogen-bond acceptors (Lipinski definition) is 5. The van der Waals surface area contributed by atoms with E-state index in [0.29, 0.717) is 5.69 Å². The molecule has 0 radical (unpaired) electrons. The Kier molecular flexibility index (Phi) is 6.57. The highest BCUT2D eigenvalue weighted by atomic mass is 32.1. The number of hydrogen-bond donors (Lipinski definition) is 0. The van der Waals surface area contributed by atoms with Crippen LogP contribution in [0.4, 0.5) is 0 Å². The summed E-state index contributed by atoms with van der Waals surface area (Å²) in [5.41, 5.74) is 5.41. The van der Waals surface area contributed by atoms with E-state index >= 15 is 0 Å². The monoisotopic (exact) mass is 370 g/mol. The van der Waals surface area contributed by atoms with Crippen LogP contribution >= 0.6 is 0 Å². The second kappa shape index (κ2) is 8.87. The van der Waals surface area contributed by atoms with Crippen LogP contribution in [-0.2, 0) is 16.3 Å². The van der Waals surface area contributed by atoms with E-state index in [2.05, 4.69) is 5.10 Å². The largest absolute Gasteiger partial charge is 0.464 e. The van der Waals surface area contributed by atoms with Crippen LogP contribution in [0, 0.1) is 13.8 Å². The van der Waals surface area contributed by atoms with Crippen molar-refractivity contribution in [3.05, 3.63) is 71.4 Å². The van der Waals surface area contributed by atoms with Gasteiger partial charge in [-0.05, 0) is 32.0 Å². The van der Waals surface area contributed by atoms with Crippen molar-refractivity contribution in [2.45, 2.75) is 13.8 Å². The highest BCUT2D eigenvalue weighted by Gasteiger charge is 2.17. The summed E-state index contributed by atoms with van der Waals surface area (Å²) in [6.07, 6.45) is 0. The van der Waals surface area contributed by atoms with Crippen LogP contribution in [-0.4, -0.2) is 31.3 Å². The van der Waals surface area contributed by atoms with E-state index in [-0.39, 0.29) is 0 Å². The van der Waals surface area contributed by atoms with Gasteiger partial charge in [-0.3, -0.25) is 0 Å². The maximum atomic E-state index is 11.9. The number of rotatable bonds is 3. The molecule has 0 saturated heterocycles. The normalized spacial score (nSPS) is 9.81. The van der Waals surface area contributed by atoms with Gasteiger partial charge in [-0.25, -0.2) is 9.48 Å². The lowest BCUT2D eigenvalue weighted by atomic mass is 10.1. The highest BCUT2D eigenvalue weighted by Crippen LogP contribution is 2.25. The highest BCUT2D eigenvalue weighted by molar-refractivity contribution is 7.51. The zero-order chi connectivity index (χ0) is 19.1. The van der Waals surface area contributed by atoms with Crippen molar-refractivity contribution >= 4 is 17.5 Å². The molecule has 26 heavy (non-hydrogen) atoms. The molecule has 134 valence electrons. The number of aryl methyl sites for hydroxylation is 2. The Balaban J connectivity index is 0.000000758. The first-order valence-electron chi connectivity index (χ1n) is 7.74. The van der Waals surface area contributed by atoms with E-state index in [0.717, 1.165) is 16.9 Å². The number of esters is 1. The number of benzene rings is 2. The van der Waals surface area contributed by atoms with Crippen LogP contribution in [0.3, 0.4) is 0 Å². The third kappa shape index (κ3) is 4.52. The number of nitrogens with zero attached hydrogens (tertiary/aromatic N) is 2. The summed E-state index contributed by atoms with van der Waals surface area (Å²) < 4.78 is 23.2. The number of carbonyl (C=O) groups is 1. The van der Waals surface area contributed by atoms with Gasteiger partial charge in [0.25, 0.3) is 0 Å². The maximum absolute atomic E-state index is 11.9. The Morgan fingerprint density at radius 1 is 0.962 bits per heavy atom.